The first-order chi connectivity index (χ1) is 5.36. The van der Waals surface area contributed by atoms with Crippen LogP contribution in [0.5, 0.6) is 0 Å². The van der Waals surface area contributed by atoms with E-state index in [2.05, 4.69) is 6.07 Å². The summed E-state index contributed by atoms with van der Waals surface area (Å²) < 4.78 is 10.4. The third kappa shape index (κ3) is 2.53. The van der Waals surface area contributed by atoms with Crippen molar-refractivity contribution in [2.24, 2.45) is 5.92 Å². The van der Waals surface area contributed by atoms with E-state index in [1.807, 2.05) is 6.92 Å². The van der Waals surface area contributed by atoms with Crippen LogP contribution < -0.4 is 0 Å². The molecule has 1 atom stereocenters. The maximum Gasteiger partial charge on any atom is 0.458 e. The third-order valence-electron chi connectivity index (χ3n) is 1.84. The molecular formula is C7H12BNO2. The van der Waals surface area contributed by atoms with Crippen molar-refractivity contribution in [3.05, 3.63) is 0 Å². The highest BCUT2D eigenvalue weighted by Crippen LogP contribution is 2.14. The van der Waals surface area contributed by atoms with Gasteiger partial charge in [0.05, 0.1) is 19.3 Å². The normalized spacial score (nSPS) is 19.8. The van der Waals surface area contributed by atoms with Gasteiger partial charge in [0.2, 0.25) is 0 Å². The maximum atomic E-state index is 8.63. The van der Waals surface area contributed by atoms with Crippen molar-refractivity contribution in [3.63, 3.8) is 0 Å². The molecule has 4 heteroatoms. The Labute approximate surface area is 67.4 Å². The van der Waals surface area contributed by atoms with E-state index in [1.54, 1.807) is 0 Å². The van der Waals surface area contributed by atoms with Crippen LogP contribution in [-0.4, -0.2) is 20.3 Å². The Balaban J connectivity index is 2.23. The molecule has 1 saturated heterocycles. The zero-order valence-corrected chi connectivity index (χ0v) is 6.75. The standard InChI is InChI=1S/C7H12BNO2/c1-2-7(6-9)5-8-10-3-4-11-8/h7H,2-5H2,1H3. The van der Waals surface area contributed by atoms with Gasteiger partial charge in [-0.3, -0.25) is 0 Å². The molecule has 0 amide bonds. The number of nitriles is 1. The molecular weight excluding hydrogens is 141 g/mol. The molecule has 11 heavy (non-hydrogen) atoms. The van der Waals surface area contributed by atoms with E-state index in [9.17, 15) is 0 Å². The quantitative estimate of drug-likeness (QED) is 0.569. The SMILES string of the molecule is CCC(C#N)CB1OCCO1. The van der Waals surface area contributed by atoms with Crippen LogP contribution in [0, 0.1) is 17.2 Å². The van der Waals surface area contributed by atoms with Gasteiger partial charge in [0.15, 0.2) is 0 Å². The summed E-state index contributed by atoms with van der Waals surface area (Å²) in [5.41, 5.74) is 0. The topological polar surface area (TPSA) is 42.2 Å². The Kier molecular flexibility index (Phi) is 3.41. The lowest BCUT2D eigenvalue weighted by Crippen LogP contribution is -2.17. The summed E-state index contributed by atoms with van der Waals surface area (Å²) in [6.45, 7) is 3.35. The predicted octanol–water partition coefficient (Wildman–Crippen LogP) is 1.07. The second-order valence-electron chi connectivity index (χ2n) is 2.64. The fraction of sp³-hybridized carbons (Fsp3) is 0.857. The Morgan fingerprint density at radius 2 is 2.18 bits per heavy atom. The van der Waals surface area contributed by atoms with Gasteiger partial charge in [-0.25, -0.2) is 0 Å². The average Bonchev–Trinajstić information content (AvgIpc) is 2.52. The molecule has 0 spiro atoms. The van der Waals surface area contributed by atoms with E-state index in [1.165, 1.54) is 0 Å². The Bertz CT molecular complexity index is 151. The molecule has 60 valence electrons. The van der Waals surface area contributed by atoms with Gasteiger partial charge in [-0.2, -0.15) is 5.26 Å². The number of nitrogens with zero attached hydrogens (tertiary/aromatic N) is 1. The Hall–Kier alpha value is -0.525. The minimum Gasteiger partial charge on any atom is -0.409 e. The molecule has 0 saturated carbocycles. The highest BCUT2D eigenvalue weighted by molar-refractivity contribution is 6.45. The zero-order chi connectivity index (χ0) is 8.10. The first-order valence-electron chi connectivity index (χ1n) is 3.99. The lowest BCUT2D eigenvalue weighted by molar-refractivity contribution is 0.365. The van der Waals surface area contributed by atoms with Gasteiger partial charge in [-0.05, 0) is 12.7 Å². The Morgan fingerprint density at radius 1 is 1.55 bits per heavy atom. The van der Waals surface area contributed by atoms with E-state index in [0.29, 0.717) is 19.5 Å². The summed E-state index contributed by atoms with van der Waals surface area (Å²) >= 11 is 0. The van der Waals surface area contributed by atoms with E-state index in [0.717, 1.165) is 6.42 Å². The monoisotopic (exact) mass is 153 g/mol. The van der Waals surface area contributed by atoms with Gasteiger partial charge in [0.25, 0.3) is 0 Å². The largest absolute Gasteiger partial charge is 0.458 e. The summed E-state index contributed by atoms with van der Waals surface area (Å²) in [6, 6.07) is 2.22. The lowest BCUT2D eigenvalue weighted by Gasteiger charge is -2.06. The number of hydrogen-bond donors (Lipinski definition) is 0. The van der Waals surface area contributed by atoms with Crippen molar-refractivity contribution < 1.29 is 9.31 Å². The molecule has 1 aliphatic heterocycles. The van der Waals surface area contributed by atoms with Crippen molar-refractivity contribution in [3.8, 4) is 6.07 Å². The van der Waals surface area contributed by atoms with E-state index >= 15 is 0 Å². The van der Waals surface area contributed by atoms with Crippen molar-refractivity contribution in [2.45, 2.75) is 19.7 Å². The first kappa shape index (κ1) is 8.57. The molecule has 0 bridgehead atoms. The predicted molar refractivity (Wildman–Crippen MR) is 41.9 cm³/mol. The van der Waals surface area contributed by atoms with Crippen LogP contribution in [0.25, 0.3) is 0 Å². The van der Waals surface area contributed by atoms with Crippen LogP contribution >= 0.6 is 0 Å². The van der Waals surface area contributed by atoms with Gasteiger partial charge in [0.1, 0.15) is 0 Å². The summed E-state index contributed by atoms with van der Waals surface area (Å²) in [4.78, 5) is 0. The molecule has 1 aliphatic rings. The van der Waals surface area contributed by atoms with Gasteiger partial charge in [0, 0.05) is 5.92 Å². The minimum absolute atomic E-state index is 0.0816. The van der Waals surface area contributed by atoms with Crippen LogP contribution in [0.2, 0.25) is 6.32 Å². The van der Waals surface area contributed by atoms with E-state index in [-0.39, 0.29) is 13.0 Å². The molecule has 0 aromatic carbocycles. The van der Waals surface area contributed by atoms with Crippen LogP contribution in [0.4, 0.5) is 0 Å². The third-order valence-corrected chi connectivity index (χ3v) is 1.84. The second-order valence-corrected chi connectivity index (χ2v) is 2.64. The van der Waals surface area contributed by atoms with E-state index < -0.39 is 0 Å². The molecule has 1 rings (SSSR count). The highest BCUT2D eigenvalue weighted by Gasteiger charge is 2.26. The summed E-state index contributed by atoms with van der Waals surface area (Å²) in [7, 11) is -0.125. The smallest absolute Gasteiger partial charge is 0.409 e. The van der Waals surface area contributed by atoms with Crippen molar-refractivity contribution in [1.82, 2.24) is 0 Å². The average molecular weight is 153 g/mol. The van der Waals surface area contributed by atoms with Crippen LogP contribution in [-0.2, 0) is 9.31 Å². The minimum atomic E-state index is -0.125. The van der Waals surface area contributed by atoms with Gasteiger partial charge in [-0.15, -0.1) is 0 Å². The molecule has 0 aromatic rings. The van der Waals surface area contributed by atoms with E-state index in [4.69, 9.17) is 14.6 Å². The van der Waals surface area contributed by atoms with Crippen molar-refractivity contribution in [2.75, 3.05) is 13.2 Å². The van der Waals surface area contributed by atoms with Crippen LogP contribution in [0.15, 0.2) is 0 Å². The summed E-state index contributed by atoms with van der Waals surface area (Å²) in [5, 5.41) is 8.63. The summed E-state index contributed by atoms with van der Waals surface area (Å²) in [5.74, 6) is 0.0816. The molecule has 3 nitrogen and oxygen atoms in total. The molecule has 1 fully saturated rings. The molecule has 0 aliphatic carbocycles. The van der Waals surface area contributed by atoms with Gasteiger partial charge in [-0.1, -0.05) is 6.92 Å². The molecule has 0 radical (unpaired) electrons. The summed E-state index contributed by atoms with van der Waals surface area (Å²) in [6.07, 6.45) is 1.59. The van der Waals surface area contributed by atoms with Gasteiger partial charge < -0.3 is 9.31 Å². The highest BCUT2D eigenvalue weighted by atomic mass is 16.6. The number of hydrogen-bond acceptors (Lipinski definition) is 3. The fourth-order valence-electron chi connectivity index (χ4n) is 1.09. The second kappa shape index (κ2) is 4.37. The molecule has 1 unspecified atom stereocenters. The van der Waals surface area contributed by atoms with Gasteiger partial charge >= 0.3 is 7.12 Å². The molecule has 0 N–H and O–H groups in total. The molecule has 0 aromatic heterocycles. The fourth-order valence-corrected chi connectivity index (χ4v) is 1.09. The zero-order valence-electron chi connectivity index (χ0n) is 6.75. The van der Waals surface area contributed by atoms with Crippen LogP contribution in [0.3, 0.4) is 0 Å². The number of rotatable bonds is 3. The van der Waals surface area contributed by atoms with Crippen LogP contribution in [0.1, 0.15) is 13.3 Å². The maximum absolute atomic E-state index is 8.63. The van der Waals surface area contributed by atoms with Crippen molar-refractivity contribution >= 4 is 7.12 Å². The molecule has 1 heterocycles. The first-order valence-corrected chi connectivity index (χ1v) is 3.99. The van der Waals surface area contributed by atoms with Crippen molar-refractivity contribution in [1.29, 1.82) is 5.26 Å². The Morgan fingerprint density at radius 3 is 2.64 bits per heavy atom. The lowest BCUT2D eigenvalue weighted by atomic mass is 9.77.